The van der Waals surface area contributed by atoms with Gasteiger partial charge in [-0.3, -0.25) is 0 Å². The molecule has 1 aliphatic rings. The van der Waals surface area contributed by atoms with Gasteiger partial charge in [-0.1, -0.05) is 38.8 Å². The normalized spacial score (nSPS) is 17.6. The molecule has 1 aromatic carbocycles. The van der Waals surface area contributed by atoms with Gasteiger partial charge in [0, 0.05) is 6.04 Å². The van der Waals surface area contributed by atoms with Crippen LogP contribution < -0.4 is 10.1 Å². The van der Waals surface area contributed by atoms with E-state index in [0.29, 0.717) is 12.0 Å². The highest BCUT2D eigenvalue weighted by molar-refractivity contribution is 5.37. The van der Waals surface area contributed by atoms with Crippen LogP contribution in [0.3, 0.4) is 0 Å². The van der Waals surface area contributed by atoms with Crippen molar-refractivity contribution in [2.24, 2.45) is 5.92 Å². The largest absolute Gasteiger partial charge is 0.492 e. The van der Waals surface area contributed by atoms with E-state index >= 15 is 0 Å². The molecule has 1 saturated carbocycles. The summed E-state index contributed by atoms with van der Waals surface area (Å²) in [5, 5.41) is 3.45. The molecule has 1 aliphatic carbocycles. The van der Waals surface area contributed by atoms with E-state index in [-0.39, 0.29) is 0 Å². The van der Waals surface area contributed by atoms with Crippen molar-refractivity contribution in [3.63, 3.8) is 0 Å². The predicted molar refractivity (Wildman–Crippen MR) is 85.6 cm³/mol. The molecule has 0 aromatic heterocycles. The monoisotopic (exact) mass is 275 g/mol. The Morgan fingerprint density at radius 3 is 2.55 bits per heavy atom. The van der Waals surface area contributed by atoms with Gasteiger partial charge >= 0.3 is 0 Å². The Bertz CT molecular complexity index is 421. The standard InChI is InChI=1S/C18H29NO/c1-13(2)16-10-9-14(3)18(11-16)20-12-17(19-4)15-7-5-6-8-15/h9-11,13,15,17,19H,5-8,12H2,1-4H3. The predicted octanol–water partition coefficient (Wildman–Crippen LogP) is 4.28. The molecule has 0 heterocycles. The topological polar surface area (TPSA) is 21.3 Å². The van der Waals surface area contributed by atoms with Crippen LogP contribution in [0.1, 0.15) is 56.6 Å². The molecule has 2 nitrogen and oxygen atoms in total. The van der Waals surface area contributed by atoms with Crippen LogP contribution in [0, 0.1) is 12.8 Å². The van der Waals surface area contributed by atoms with Crippen LogP contribution in [0.15, 0.2) is 18.2 Å². The molecule has 0 amide bonds. The molecule has 2 heteroatoms. The molecule has 2 rings (SSSR count). The number of hydrogen-bond acceptors (Lipinski definition) is 2. The van der Waals surface area contributed by atoms with E-state index in [1.165, 1.54) is 36.8 Å². The summed E-state index contributed by atoms with van der Waals surface area (Å²) in [4.78, 5) is 0. The number of nitrogens with one attached hydrogen (secondary N) is 1. The first-order valence-corrected chi connectivity index (χ1v) is 8.02. The summed E-state index contributed by atoms with van der Waals surface area (Å²) < 4.78 is 6.13. The zero-order valence-corrected chi connectivity index (χ0v) is 13.4. The van der Waals surface area contributed by atoms with Gasteiger partial charge in [0.1, 0.15) is 12.4 Å². The van der Waals surface area contributed by atoms with Gasteiger partial charge in [0.25, 0.3) is 0 Å². The van der Waals surface area contributed by atoms with E-state index < -0.39 is 0 Å². The molecule has 1 N–H and O–H groups in total. The van der Waals surface area contributed by atoms with Crippen molar-refractivity contribution in [1.29, 1.82) is 0 Å². The average molecular weight is 275 g/mol. The average Bonchev–Trinajstić information content (AvgIpc) is 2.95. The van der Waals surface area contributed by atoms with Crippen LogP contribution >= 0.6 is 0 Å². The summed E-state index contributed by atoms with van der Waals surface area (Å²) in [6.45, 7) is 7.36. The number of rotatable bonds is 6. The van der Waals surface area contributed by atoms with E-state index in [2.05, 4.69) is 51.3 Å². The molecule has 1 aromatic rings. The second-order valence-electron chi connectivity index (χ2n) is 6.43. The SMILES string of the molecule is CNC(COc1cc(C(C)C)ccc1C)C1CCCC1. The van der Waals surface area contributed by atoms with Crippen LogP contribution in [0.4, 0.5) is 0 Å². The Kier molecular flexibility index (Phi) is 5.47. The van der Waals surface area contributed by atoms with E-state index in [0.717, 1.165) is 18.3 Å². The number of benzene rings is 1. The maximum absolute atomic E-state index is 6.13. The number of likely N-dealkylation sites (N-methyl/N-ethyl adjacent to an activating group) is 1. The van der Waals surface area contributed by atoms with Gasteiger partial charge in [0.2, 0.25) is 0 Å². The maximum atomic E-state index is 6.13. The number of hydrogen-bond donors (Lipinski definition) is 1. The highest BCUT2D eigenvalue weighted by atomic mass is 16.5. The van der Waals surface area contributed by atoms with Crippen molar-refractivity contribution in [3.8, 4) is 5.75 Å². The summed E-state index contributed by atoms with van der Waals surface area (Å²) >= 11 is 0. The highest BCUT2D eigenvalue weighted by Gasteiger charge is 2.24. The van der Waals surface area contributed by atoms with Crippen LogP contribution in [-0.4, -0.2) is 19.7 Å². The Labute approximate surface area is 123 Å². The van der Waals surface area contributed by atoms with E-state index in [4.69, 9.17) is 4.74 Å². The lowest BCUT2D eigenvalue weighted by atomic mass is 9.99. The molecule has 1 unspecified atom stereocenters. The van der Waals surface area contributed by atoms with Gasteiger partial charge in [-0.15, -0.1) is 0 Å². The minimum atomic E-state index is 0.486. The van der Waals surface area contributed by atoms with Gasteiger partial charge in [-0.2, -0.15) is 0 Å². The number of aryl methyl sites for hydroxylation is 1. The van der Waals surface area contributed by atoms with Gasteiger partial charge in [0.15, 0.2) is 0 Å². The molecule has 0 radical (unpaired) electrons. The highest BCUT2D eigenvalue weighted by Crippen LogP contribution is 2.29. The summed E-state index contributed by atoms with van der Waals surface area (Å²) in [5.74, 6) is 2.39. The van der Waals surface area contributed by atoms with E-state index in [1.807, 2.05) is 0 Å². The quantitative estimate of drug-likeness (QED) is 0.837. The lowest BCUT2D eigenvalue weighted by Crippen LogP contribution is -2.37. The van der Waals surface area contributed by atoms with Crippen molar-refractivity contribution < 1.29 is 4.74 Å². The molecule has 112 valence electrons. The molecular weight excluding hydrogens is 246 g/mol. The van der Waals surface area contributed by atoms with Crippen molar-refractivity contribution >= 4 is 0 Å². The zero-order valence-electron chi connectivity index (χ0n) is 13.4. The second kappa shape index (κ2) is 7.12. The zero-order chi connectivity index (χ0) is 14.5. The van der Waals surface area contributed by atoms with Crippen molar-refractivity contribution in [3.05, 3.63) is 29.3 Å². The fraction of sp³-hybridized carbons (Fsp3) is 0.667. The smallest absolute Gasteiger partial charge is 0.122 e. The Hall–Kier alpha value is -1.02. The summed E-state index contributed by atoms with van der Waals surface area (Å²) in [7, 11) is 2.06. The summed E-state index contributed by atoms with van der Waals surface area (Å²) in [6, 6.07) is 7.08. The maximum Gasteiger partial charge on any atom is 0.122 e. The fourth-order valence-electron chi connectivity index (χ4n) is 3.13. The van der Waals surface area contributed by atoms with Gasteiger partial charge < -0.3 is 10.1 Å². The molecule has 1 fully saturated rings. The molecule has 0 saturated heterocycles. The first kappa shape index (κ1) is 15.4. The van der Waals surface area contributed by atoms with Crippen molar-refractivity contribution in [2.75, 3.05) is 13.7 Å². The third-order valence-electron chi connectivity index (χ3n) is 4.64. The van der Waals surface area contributed by atoms with Gasteiger partial charge in [-0.25, -0.2) is 0 Å². The van der Waals surface area contributed by atoms with Gasteiger partial charge in [0.05, 0.1) is 0 Å². The first-order valence-electron chi connectivity index (χ1n) is 8.02. The van der Waals surface area contributed by atoms with Crippen LogP contribution in [0.25, 0.3) is 0 Å². The van der Waals surface area contributed by atoms with Crippen LogP contribution in [-0.2, 0) is 0 Å². The Morgan fingerprint density at radius 2 is 1.95 bits per heavy atom. The lowest BCUT2D eigenvalue weighted by Gasteiger charge is -2.24. The second-order valence-corrected chi connectivity index (χ2v) is 6.43. The minimum Gasteiger partial charge on any atom is -0.492 e. The third kappa shape index (κ3) is 3.76. The minimum absolute atomic E-state index is 0.486. The van der Waals surface area contributed by atoms with Gasteiger partial charge in [-0.05, 0) is 55.8 Å². The van der Waals surface area contributed by atoms with Crippen LogP contribution in [0.5, 0.6) is 5.75 Å². The molecule has 1 atom stereocenters. The first-order chi connectivity index (χ1) is 9.61. The van der Waals surface area contributed by atoms with E-state index in [1.54, 1.807) is 0 Å². The van der Waals surface area contributed by atoms with Crippen molar-refractivity contribution in [1.82, 2.24) is 5.32 Å². The summed E-state index contributed by atoms with van der Waals surface area (Å²) in [5.41, 5.74) is 2.59. The molecule has 0 aliphatic heterocycles. The molecular formula is C18H29NO. The van der Waals surface area contributed by atoms with Crippen LogP contribution in [0.2, 0.25) is 0 Å². The Morgan fingerprint density at radius 1 is 1.25 bits per heavy atom. The summed E-state index contributed by atoms with van der Waals surface area (Å²) in [6.07, 6.45) is 5.45. The fourth-order valence-corrected chi connectivity index (χ4v) is 3.13. The third-order valence-corrected chi connectivity index (χ3v) is 4.64. The van der Waals surface area contributed by atoms with E-state index in [9.17, 15) is 0 Å². The lowest BCUT2D eigenvalue weighted by molar-refractivity contribution is 0.223. The number of ether oxygens (including phenoxy) is 1. The Balaban J connectivity index is 1.99. The molecule has 20 heavy (non-hydrogen) atoms. The molecule has 0 spiro atoms. The molecule has 0 bridgehead atoms. The van der Waals surface area contributed by atoms with Crippen molar-refractivity contribution in [2.45, 2.75) is 58.4 Å².